The minimum Gasteiger partial charge on any atom is -0.459 e. The number of nitrogens with one attached hydrogen (secondary N) is 2. The number of rotatable bonds is 7. The molecule has 0 saturated carbocycles. The Morgan fingerprint density at radius 2 is 1.97 bits per heavy atom. The quantitative estimate of drug-likeness (QED) is 0.267. The molecule has 0 aliphatic carbocycles. The third-order valence-electron chi connectivity index (χ3n) is 4.57. The molecular weight excluding hydrogens is 534 g/mol. The van der Waals surface area contributed by atoms with Crippen LogP contribution in [-0.4, -0.2) is 29.9 Å². The smallest absolute Gasteiger partial charge is 0.290 e. The van der Waals surface area contributed by atoms with Crippen LogP contribution < -0.4 is 10.1 Å². The van der Waals surface area contributed by atoms with Crippen LogP contribution in [0.3, 0.4) is 0 Å². The van der Waals surface area contributed by atoms with Crippen LogP contribution in [0.15, 0.2) is 73.6 Å². The summed E-state index contributed by atoms with van der Waals surface area (Å²) >= 11 is 9.29. The number of amides is 1. The highest BCUT2D eigenvalue weighted by Gasteiger charge is 2.17. The second-order valence-electron chi connectivity index (χ2n) is 6.90. The van der Waals surface area contributed by atoms with Gasteiger partial charge in [0.15, 0.2) is 0 Å². The van der Waals surface area contributed by atoms with Gasteiger partial charge in [0.2, 0.25) is 10.0 Å². The van der Waals surface area contributed by atoms with E-state index in [4.69, 9.17) is 16.0 Å². The number of sulfonamides is 1. The number of furan rings is 1. The summed E-state index contributed by atoms with van der Waals surface area (Å²) in [7, 11) is -3.68. The van der Waals surface area contributed by atoms with E-state index < -0.39 is 15.9 Å². The third-order valence-corrected chi connectivity index (χ3v) is 6.74. The Bertz CT molecular complexity index is 1460. The van der Waals surface area contributed by atoms with E-state index in [1.54, 1.807) is 53.9 Å². The van der Waals surface area contributed by atoms with Crippen molar-refractivity contribution >= 4 is 55.3 Å². The number of pyridine rings is 1. The number of carbonyl (C=O) groups is 1. The van der Waals surface area contributed by atoms with Gasteiger partial charge in [-0.25, -0.2) is 23.5 Å². The fraction of sp³-hybridized carbons (Fsp3) is 0.0952. The fourth-order valence-electron chi connectivity index (χ4n) is 3.04. The van der Waals surface area contributed by atoms with E-state index in [2.05, 4.69) is 36.2 Å². The molecule has 0 bridgehead atoms. The molecule has 0 radical (unpaired) electrons. The predicted octanol–water partition coefficient (Wildman–Crippen LogP) is 3.89. The maximum Gasteiger partial charge on any atom is 0.290 e. The van der Waals surface area contributed by atoms with Crippen LogP contribution in [0.1, 0.15) is 27.7 Å². The van der Waals surface area contributed by atoms with Gasteiger partial charge in [0.25, 0.3) is 5.91 Å². The number of benzene rings is 1. The molecule has 0 unspecified atom stereocenters. The van der Waals surface area contributed by atoms with Gasteiger partial charge in [-0.15, -0.1) is 0 Å². The number of hydrogen-bond acceptors (Lipinski definition) is 6. The van der Waals surface area contributed by atoms with E-state index in [0.717, 1.165) is 4.47 Å². The van der Waals surface area contributed by atoms with Crippen LogP contribution >= 0.6 is 27.5 Å². The summed E-state index contributed by atoms with van der Waals surface area (Å²) in [5, 5.41) is 4.38. The Hall–Kier alpha value is -2.99. The van der Waals surface area contributed by atoms with Crippen molar-refractivity contribution in [2.45, 2.75) is 18.4 Å². The van der Waals surface area contributed by atoms with Crippen LogP contribution in [0.2, 0.25) is 5.02 Å². The van der Waals surface area contributed by atoms with Crippen molar-refractivity contribution in [3.8, 4) is 0 Å². The molecule has 1 amide bonds. The molecule has 1 aromatic carbocycles. The minimum atomic E-state index is -3.68. The van der Waals surface area contributed by atoms with Gasteiger partial charge < -0.3 is 4.42 Å². The summed E-state index contributed by atoms with van der Waals surface area (Å²) < 4.78 is 35.1. The molecule has 3 heterocycles. The number of hydrogen-bond donors (Lipinski definition) is 2. The summed E-state index contributed by atoms with van der Waals surface area (Å²) in [5.74, 6) is 0.259. The first-order chi connectivity index (χ1) is 15.7. The van der Waals surface area contributed by atoms with E-state index in [0.29, 0.717) is 33.6 Å². The number of aromatic nitrogens is 2. The predicted molar refractivity (Wildman–Crippen MR) is 127 cm³/mol. The van der Waals surface area contributed by atoms with Crippen molar-refractivity contribution in [2.24, 2.45) is 5.10 Å². The van der Waals surface area contributed by atoms with E-state index in [-0.39, 0.29) is 11.4 Å². The lowest BCUT2D eigenvalue weighted by atomic mass is 10.3. The molecule has 0 spiro atoms. The van der Waals surface area contributed by atoms with Crippen molar-refractivity contribution in [3.05, 3.63) is 87.1 Å². The normalized spacial score (nSPS) is 12.0. The molecule has 4 rings (SSSR count). The van der Waals surface area contributed by atoms with Crippen LogP contribution in [0.4, 0.5) is 0 Å². The number of hydrazone groups is 1. The van der Waals surface area contributed by atoms with Crippen molar-refractivity contribution in [1.82, 2.24) is 19.5 Å². The molecule has 0 atom stereocenters. The molecule has 4 aromatic rings. The molecule has 2 N–H and O–H groups in total. The van der Waals surface area contributed by atoms with Crippen molar-refractivity contribution in [2.75, 3.05) is 0 Å². The average molecular weight is 551 g/mol. The highest BCUT2D eigenvalue weighted by atomic mass is 79.9. The monoisotopic (exact) mass is 549 g/mol. The number of fused-ring (bicyclic) bond motifs is 1. The van der Waals surface area contributed by atoms with Gasteiger partial charge in [-0.2, -0.15) is 5.10 Å². The van der Waals surface area contributed by atoms with Gasteiger partial charge in [0.05, 0.1) is 28.4 Å². The van der Waals surface area contributed by atoms with Gasteiger partial charge in [-0.3, -0.25) is 9.20 Å². The lowest BCUT2D eigenvalue weighted by molar-refractivity contribution is 0.0948. The van der Waals surface area contributed by atoms with Gasteiger partial charge >= 0.3 is 0 Å². The number of carbonyl (C=O) groups excluding carboxylic acids is 1. The second kappa shape index (κ2) is 9.48. The summed E-state index contributed by atoms with van der Waals surface area (Å²) in [6.07, 6.45) is 2.92. The number of imidazole rings is 1. The zero-order chi connectivity index (χ0) is 23.6. The van der Waals surface area contributed by atoms with Gasteiger partial charge in [0, 0.05) is 10.7 Å². The largest absolute Gasteiger partial charge is 0.459 e. The first kappa shape index (κ1) is 23.2. The summed E-state index contributed by atoms with van der Waals surface area (Å²) in [6.45, 7) is 1.67. The summed E-state index contributed by atoms with van der Waals surface area (Å²) in [6, 6.07) is 12.9. The van der Waals surface area contributed by atoms with Crippen LogP contribution in [0.25, 0.3) is 5.65 Å². The Labute approximate surface area is 202 Å². The third kappa shape index (κ3) is 5.33. The molecular formula is C21H17BrClN5O4S. The molecule has 0 saturated heterocycles. The van der Waals surface area contributed by atoms with Crippen LogP contribution in [0.5, 0.6) is 0 Å². The minimum absolute atomic E-state index is 0.0413. The standard InChI is InChI=1S/C21H17BrClN5O4S/c1-13-20(28-12-15(23)4-9-19(28)26-13)21(29)27-24-10-16-5-6-17(32-16)11-25-33(30,31)18-7-2-14(22)3-8-18/h2-10,12,25H,11H2,1H3,(H,27,29)/b24-10+. The van der Waals surface area contributed by atoms with Crippen molar-refractivity contribution in [3.63, 3.8) is 0 Å². The number of halogens is 2. The number of nitrogens with zero attached hydrogens (tertiary/aromatic N) is 3. The van der Waals surface area contributed by atoms with Crippen molar-refractivity contribution < 1.29 is 17.6 Å². The maximum absolute atomic E-state index is 12.6. The Kier molecular flexibility index (Phi) is 6.66. The van der Waals surface area contributed by atoms with Crippen LogP contribution in [0, 0.1) is 6.92 Å². The summed E-state index contributed by atoms with van der Waals surface area (Å²) in [4.78, 5) is 17.0. The highest BCUT2D eigenvalue weighted by molar-refractivity contribution is 9.10. The Morgan fingerprint density at radius 3 is 2.73 bits per heavy atom. The molecule has 33 heavy (non-hydrogen) atoms. The van der Waals surface area contributed by atoms with E-state index in [1.807, 2.05) is 0 Å². The van der Waals surface area contributed by atoms with Crippen molar-refractivity contribution in [1.29, 1.82) is 0 Å². The zero-order valence-corrected chi connectivity index (χ0v) is 20.3. The first-order valence-electron chi connectivity index (χ1n) is 9.54. The Balaban J connectivity index is 1.38. The van der Waals surface area contributed by atoms with E-state index >= 15 is 0 Å². The molecule has 3 aromatic heterocycles. The molecule has 0 aliphatic rings. The average Bonchev–Trinajstić information content (AvgIpc) is 3.35. The Morgan fingerprint density at radius 1 is 1.21 bits per heavy atom. The maximum atomic E-state index is 12.6. The van der Waals surface area contributed by atoms with Gasteiger partial charge in [-0.05, 0) is 55.5 Å². The number of aryl methyl sites for hydroxylation is 1. The van der Waals surface area contributed by atoms with Gasteiger partial charge in [-0.1, -0.05) is 27.5 Å². The fourth-order valence-corrected chi connectivity index (χ4v) is 4.46. The molecule has 170 valence electrons. The SMILES string of the molecule is Cc1nc2ccc(Cl)cn2c1C(=O)N/N=C/c1ccc(CNS(=O)(=O)c2ccc(Br)cc2)o1. The van der Waals surface area contributed by atoms with E-state index in [9.17, 15) is 13.2 Å². The molecule has 0 aliphatic heterocycles. The lowest BCUT2D eigenvalue weighted by Gasteiger charge is -2.05. The van der Waals surface area contributed by atoms with Crippen LogP contribution in [-0.2, 0) is 16.6 Å². The van der Waals surface area contributed by atoms with Gasteiger partial charge in [0.1, 0.15) is 22.9 Å². The topological polar surface area (TPSA) is 118 Å². The van der Waals surface area contributed by atoms with E-state index in [1.165, 1.54) is 18.3 Å². The molecule has 9 nitrogen and oxygen atoms in total. The summed E-state index contributed by atoms with van der Waals surface area (Å²) in [5.41, 5.74) is 3.86. The lowest BCUT2D eigenvalue weighted by Crippen LogP contribution is -2.22. The zero-order valence-electron chi connectivity index (χ0n) is 17.1. The molecule has 0 fully saturated rings. The second-order valence-corrected chi connectivity index (χ2v) is 10.0. The molecule has 12 heteroatoms. The highest BCUT2D eigenvalue weighted by Crippen LogP contribution is 2.17. The first-order valence-corrected chi connectivity index (χ1v) is 12.2.